The summed E-state index contributed by atoms with van der Waals surface area (Å²) >= 11 is 3.20. The number of halogens is 1. The Morgan fingerprint density at radius 1 is 0.500 bits per heavy atom. The Kier molecular flexibility index (Phi) is 6.94. The lowest BCUT2D eigenvalue weighted by molar-refractivity contribution is 1.28. The normalized spacial score (nSPS) is 10.1. The molecule has 0 aliphatic rings. The summed E-state index contributed by atoms with van der Waals surface area (Å²) in [5, 5.41) is 0. The van der Waals surface area contributed by atoms with Crippen molar-refractivity contribution >= 4 is 40.2 Å². The lowest BCUT2D eigenvalue weighted by atomic mass is 10.5. The van der Waals surface area contributed by atoms with E-state index in [2.05, 4.69) is 35.9 Å². The first-order valence-corrected chi connectivity index (χ1v) is 10.1. The van der Waals surface area contributed by atoms with Crippen molar-refractivity contribution in [3.63, 3.8) is 0 Å². The molecule has 4 aromatic heterocycles. The monoisotopic (exact) mass is 422 g/mol. The van der Waals surface area contributed by atoms with Crippen LogP contribution in [-0.2, 0) is 0 Å². The van der Waals surface area contributed by atoms with Gasteiger partial charge < -0.3 is 0 Å². The minimum atomic E-state index is -0.779. The van der Waals surface area contributed by atoms with Crippen molar-refractivity contribution in [2.24, 2.45) is 0 Å². The molecule has 4 aromatic rings. The molecule has 0 bridgehead atoms. The number of nitrogens with zero attached hydrogens (tertiary/aromatic N) is 4. The molecule has 0 amide bonds. The first-order valence-electron chi connectivity index (χ1n) is 7.94. The summed E-state index contributed by atoms with van der Waals surface area (Å²) in [7, 11) is -0.779. The largest absolute Gasteiger partial charge is 0.256 e. The topological polar surface area (TPSA) is 51.6 Å². The molecule has 0 N–H and O–H groups in total. The number of rotatable bonds is 3. The Morgan fingerprint density at radius 3 is 1.12 bits per heavy atom. The summed E-state index contributed by atoms with van der Waals surface area (Å²) < 4.78 is 0.884. The zero-order valence-corrected chi connectivity index (χ0v) is 16.3. The fraction of sp³-hybridized carbons (Fsp3) is 0. The highest BCUT2D eigenvalue weighted by molar-refractivity contribution is 9.10. The number of hydrogen-bond acceptors (Lipinski definition) is 4. The van der Waals surface area contributed by atoms with Crippen molar-refractivity contribution in [2.45, 2.75) is 0 Å². The Balaban J connectivity index is 0.000000236. The summed E-state index contributed by atoms with van der Waals surface area (Å²) in [6.45, 7) is 0. The lowest BCUT2D eigenvalue weighted by Crippen LogP contribution is -2.25. The van der Waals surface area contributed by atoms with Gasteiger partial charge >= 0.3 is 0 Å². The molecule has 0 aromatic carbocycles. The molecule has 4 heterocycles. The van der Waals surface area contributed by atoms with Crippen LogP contribution >= 0.6 is 23.9 Å². The molecule has 0 saturated carbocycles. The average Bonchev–Trinajstić information content (AvgIpc) is 2.72. The first kappa shape index (κ1) is 18.3. The van der Waals surface area contributed by atoms with Crippen LogP contribution in [-0.4, -0.2) is 19.9 Å². The summed E-state index contributed by atoms with van der Waals surface area (Å²) in [4.78, 5) is 17.3. The van der Waals surface area contributed by atoms with Gasteiger partial charge in [0.25, 0.3) is 0 Å². The highest BCUT2D eigenvalue weighted by atomic mass is 79.9. The fourth-order valence-electron chi connectivity index (χ4n) is 2.15. The van der Waals surface area contributed by atoms with Gasteiger partial charge in [-0.3, -0.25) is 15.0 Å². The third-order valence-electron chi connectivity index (χ3n) is 3.26. The van der Waals surface area contributed by atoms with Gasteiger partial charge in [0, 0.05) is 32.7 Å². The van der Waals surface area contributed by atoms with E-state index < -0.39 is 7.92 Å². The fourth-order valence-corrected chi connectivity index (χ4v) is 4.38. The number of hydrogen-bond donors (Lipinski definition) is 0. The third kappa shape index (κ3) is 5.25. The van der Waals surface area contributed by atoms with E-state index in [1.54, 1.807) is 6.20 Å². The second-order valence-electron chi connectivity index (χ2n) is 5.05. The van der Waals surface area contributed by atoms with Crippen LogP contribution in [0.25, 0.3) is 0 Å². The lowest BCUT2D eigenvalue weighted by Gasteiger charge is -2.15. The summed E-state index contributed by atoms with van der Waals surface area (Å²) in [6, 6.07) is 23.6. The van der Waals surface area contributed by atoms with Crippen LogP contribution in [0.1, 0.15) is 0 Å². The van der Waals surface area contributed by atoms with E-state index in [0.717, 1.165) is 20.9 Å². The van der Waals surface area contributed by atoms with Crippen LogP contribution in [0.4, 0.5) is 0 Å². The molecule has 0 atom stereocenters. The molecule has 0 aliphatic carbocycles. The second kappa shape index (κ2) is 9.85. The zero-order valence-electron chi connectivity index (χ0n) is 13.9. The summed E-state index contributed by atoms with van der Waals surface area (Å²) in [6.07, 6.45) is 7.19. The molecule has 4 nitrogen and oxygen atoms in total. The maximum absolute atomic E-state index is 4.48. The molecule has 0 saturated heterocycles. The van der Waals surface area contributed by atoms with Crippen LogP contribution in [0.2, 0.25) is 0 Å². The number of aromatic nitrogens is 4. The van der Waals surface area contributed by atoms with Gasteiger partial charge in [-0.2, -0.15) is 0 Å². The maximum atomic E-state index is 4.48. The Morgan fingerprint density at radius 2 is 0.885 bits per heavy atom. The van der Waals surface area contributed by atoms with Gasteiger partial charge in [-0.05, 0) is 64.5 Å². The van der Waals surface area contributed by atoms with Gasteiger partial charge in [-0.15, -0.1) is 0 Å². The Bertz CT molecular complexity index is 800. The zero-order chi connectivity index (χ0) is 18.0. The van der Waals surface area contributed by atoms with Crippen LogP contribution in [0, 0.1) is 0 Å². The Hall–Kier alpha value is -2.49. The average molecular weight is 423 g/mol. The van der Waals surface area contributed by atoms with E-state index in [9.17, 15) is 0 Å². The van der Waals surface area contributed by atoms with Crippen molar-refractivity contribution in [3.8, 4) is 0 Å². The summed E-state index contributed by atoms with van der Waals surface area (Å²) in [5.41, 5.74) is 3.07. The molecule has 4 rings (SSSR count). The molecule has 0 spiro atoms. The molecule has 0 radical (unpaired) electrons. The van der Waals surface area contributed by atoms with Crippen molar-refractivity contribution in [1.29, 1.82) is 0 Å². The van der Waals surface area contributed by atoms with Gasteiger partial charge in [0.1, 0.15) is 4.60 Å². The van der Waals surface area contributed by atoms with Crippen molar-refractivity contribution in [1.82, 2.24) is 19.9 Å². The van der Waals surface area contributed by atoms with E-state index in [1.807, 2.05) is 91.4 Å². The van der Waals surface area contributed by atoms with E-state index >= 15 is 0 Å². The molecular formula is C20H16BrN4P. The molecule has 128 valence electrons. The summed E-state index contributed by atoms with van der Waals surface area (Å²) in [5.74, 6) is 0. The maximum Gasteiger partial charge on any atom is 0.106 e. The SMILES string of the molecule is Brc1ccccn1.c1ccc(P(c2ccccn2)c2ccccn2)nc1. The predicted octanol–water partition coefficient (Wildman–Crippen LogP) is 3.47. The minimum absolute atomic E-state index is 0.779. The van der Waals surface area contributed by atoms with Gasteiger partial charge in [0.2, 0.25) is 0 Å². The molecule has 0 fully saturated rings. The van der Waals surface area contributed by atoms with Gasteiger partial charge in [-0.1, -0.05) is 24.3 Å². The van der Waals surface area contributed by atoms with Crippen molar-refractivity contribution < 1.29 is 0 Å². The van der Waals surface area contributed by atoms with Crippen molar-refractivity contribution in [3.05, 3.63) is 102 Å². The Labute approximate surface area is 162 Å². The van der Waals surface area contributed by atoms with E-state index in [0.29, 0.717) is 0 Å². The van der Waals surface area contributed by atoms with E-state index in [4.69, 9.17) is 0 Å². The van der Waals surface area contributed by atoms with Gasteiger partial charge in [-0.25, -0.2) is 4.98 Å². The van der Waals surface area contributed by atoms with Crippen molar-refractivity contribution in [2.75, 3.05) is 0 Å². The van der Waals surface area contributed by atoms with E-state index in [1.165, 1.54) is 0 Å². The molecular weight excluding hydrogens is 407 g/mol. The highest BCUT2D eigenvalue weighted by Gasteiger charge is 2.19. The van der Waals surface area contributed by atoms with Crippen LogP contribution < -0.4 is 16.3 Å². The van der Waals surface area contributed by atoms with Gasteiger partial charge in [0.15, 0.2) is 0 Å². The standard InChI is InChI=1S/C15H12N3P.C5H4BrN/c1-4-10-16-13(7-1)19(14-8-2-5-11-17-14)15-9-3-6-12-18-15;6-5-3-1-2-4-7-5/h1-12H;1-4H. The first-order chi connectivity index (χ1) is 12.8. The quantitative estimate of drug-likeness (QED) is 0.374. The van der Waals surface area contributed by atoms with Crippen LogP contribution in [0.5, 0.6) is 0 Å². The molecule has 26 heavy (non-hydrogen) atoms. The third-order valence-corrected chi connectivity index (χ3v) is 5.90. The van der Waals surface area contributed by atoms with E-state index in [-0.39, 0.29) is 0 Å². The smallest absolute Gasteiger partial charge is 0.106 e. The van der Waals surface area contributed by atoms with Crippen LogP contribution in [0.3, 0.4) is 0 Å². The predicted molar refractivity (Wildman–Crippen MR) is 110 cm³/mol. The molecule has 0 unspecified atom stereocenters. The highest BCUT2D eigenvalue weighted by Crippen LogP contribution is 2.29. The second-order valence-corrected chi connectivity index (χ2v) is 7.91. The van der Waals surface area contributed by atoms with Gasteiger partial charge in [0.05, 0.1) is 16.3 Å². The molecule has 0 aliphatic heterocycles. The van der Waals surface area contributed by atoms with Crippen LogP contribution in [0.15, 0.2) is 102 Å². The number of pyridine rings is 4. The molecule has 6 heteroatoms. The minimum Gasteiger partial charge on any atom is -0.256 e.